The number of fused-ring (bicyclic) bond motifs is 1. The summed E-state index contributed by atoms with van der Waals surface area (Å²) >= 11 is 5.32. The maximum atomic E-state index is 5.51. The molecule has 0 saturated carbocycles. The summed E-state index contributed by atoms with van der Waals surface area (Å²) in [6.07, 6.45) is 0. The van der Waals surface area contributed by atoms with Gasteiger partial charge in [-0.1, -0.05) is 0 Å². The number of aryl methyl sites for hydroxylation is 1. The molecule has 0 atom stereocenters. The Kier molecular flexibility index (Phi) is 2.79. The van der Waals surface area contributed by atoms with E-state index < -0.39 is 0 Å². The molecule has 0 unspecified atom stereocenters. The van der Waals surface area contributed by atoms with Crippen molar-refractivity contribution in [3.63, 3.8) is 0 Å². The molecular formula is C11H11BrOS. The van der Waals surface area contributed by atoms with Crippen molar-refractivity contribution in [1.82, 2.24) is 0 Å². The van der Waals surface area contributed by atoms with E-state index >= 15 is 0 Å². The Balaban J connectivity index is 2.58. The van der Waals surface area contributed by atoms with Gasteiger partial charge in [0.05, 0.1) is 11.1 Å². The summed E-state index contributed by atoms with van der Waals surface area (Å²) in [6, 6.07) is 6.40. The Labute approximate surface area is 95.8 Å². The third kappa shape index (κ3) is 1.79. The number of hydrogen-bond donors (Lipinski definition) is 0. The van der Waals surface area contributed by atoms with Crippen molar-refractivity contribution < 1.29 is 4.74 Å². The maximum absolute atomic E-state index is 5.51. The molecule has 0 N–H and O–H groups in total. The van der Waals surface area contributed by atoms with Crippen LogP contribution < -0.4 is 4.74 Å². The molecule has 0 saturated heterocycles. The Morgan fingerprint density at radius 2 is 2.14 bits per heavy atom. The lowest BCUT2D eigenvalue weighted by Crippen LogP contribution is -1.91. The first-order chi connectivity index (χ1) is 6.70. The van der Waals surface area contributed by atoms with Crippen LogP contribution in [0.15, 0.2) is 22.7 Å². The topological polar surface area (TPSA) is 9.23 Å². The summed E-state index contributed by atoms with van der Waals surface area (Å²) < 4.78 is 7.85. The highest BCUT2D eigenvalue weighted by Crippen LogP contribution is 2.34. The average Bonchev–Trinajstić information content (AvgIpc) is 2.45. The van der Waals surface area contributed by atoms with Crippen molar-refractivity contribution in [2.75, 3.05) is 6.61 Å². The van der Waals surface area contributed by atoms with Gasteiger partial charge >= 0.3 is 0 Å². The number of halogens is 1. The van der Waals surface area contributed by atoms with Crippen LogP contribution in [0.3, 0.4) is 0 Å². The first-order valence-electron chi connectivity index (χ1n) is 4.53. The standard InChI is InChI=1S/C11H11BrOS/c1-3-13-10-5-8-4-7(2)14-11(8)6-9(10)12/h4-6H,3H2,1-2H3. The lowest BCUT2D eigenvalue weighted by atomic mass is 10.2. The number of thiophene rings is 1. The van der Waals surface area contributed by atoms with Gasteiger partial charge in [-0.25, -0.2) is 0 Å². The van der Waals surface area contributed by atoms with E-state index in [0.717, 1.165) is 10.2 Å². The van der Waals surface area contributed by atoms with Gasteiger partial charge in [0, 0.05) is 9.58 Å². The number of benzene rings is 1. The second-order valence-electron chi connectivity index (χ2n) is 3.11. The molecule has 1 heterocycles. The summed E-state index contributed by atoms with van der Waals surface area (Å²) in [5.41, 5.74) is 0. The molecular weight excluding hydrogens is 260 g/mol. The molecule has 2 aromatic rings. The molecule has 3 heteroatoms. The largest absolute Gasteiger partial charge is 0.493 e. The molecule has 1 aromatic carbocycles. The first kappa shape index (κ1) is 9.99. The number of rotatable bonds is 2. The lowest BCUT2D eigenvalue weighted by molar-refractivity contribution is 0.338. The van der Waals surface area contributed by atoms with Crippen molar-refractivity contribution in [2.24, 2.45) is 0 Å². The Morgan fingerprint density at radius 1 is 1.36 bits per heavy atom. The smallest absolute Gasteiger partial charge is 0.134 e. The molecule has 0 aliphatic rings. The second kappa shape index (κ2) is 3.91. The van der Waals surface area contributed by atoms with Gasteiger partial charge in [0.15, 0.2) is 0 Å². The number of hydrogen-bond acceptors (Lipinski definition) is 2. The van der Waals surface area contributed by atoms with Crippen LogP contribution >= 0.6 is 27.3 Å². The monoisotopic (exact) mass is 270 g/mol. The molecule has 14 heavy (non-hydrogen) atoms. The van der Waals surface area contributed by atoms with Crippen molar-refractivity contribution in [3.8, 4) is 5.75 Å². The highest BCUT2D eigenvalue weighted by Gasteiger charge is 2.05. The van der Waals surface area contributed by atoms with Crippen LogP contribution in [-0.2, 0) is 0 Å². The third-order valence-corrected chi connectivity index (χ3v) is 3.63. The fourth-order valence-electron chi connectivity index (χ4n) is 1.44. The van der Waals surface area contributed by atoms with E-state index in [-0.39, 0.29) is 0 Å². The lowest BCUT2D eigenvalue weighted by Gasteiger charge is -2.05. The van der Waals surface area contributed by atoms with Crippen LogP contribution in [0, 0.1) is 6.92 Å². The zero-order valence-electron chi connectivity index (χ0n) is 8.13. The summed E-state index contributed by atoms with van der Waals surface area (Å²) in [5.74, 6) is 0.929. The molecule has 0 spiro atoms. The fourth-order valence-corrected chi connectivity index (χ4v) is 2.99. The van der Waals surface area contributed by atoms with Crippen molar-refractivity contribution in [1.29, 1.82) is 0 Å². The van der Waals surface area contributed by atoms with E-state index in [1.165, 1.54) is 15.0 Å². The van der Waals surface area contributed by atoms with Gasteiger partial charge in [-0.2, -0.15) is 0 Å². The Morgan fingerprint density at radius 3 is 2.86 bits per heavy atom. The average molecular weight is 271 g/mol. The van der Waals surface area contributed by atoms with E-state index in [1.54, 1.807) is 0 Å². The van der Waals surface area contributed by atoms with Crippen LogP contribution in [0.1, 0.15) is 11.8 Å². The maximum Gasteiger partial charge on any atom is 0.134 e. The van der Waals surface area contributed by atoms with E-state index in [9.17, 15) is 0 Å². The molecule has 0 aliphatic carbocycles. The molecule has 2 rings (SSSR count). The summed E-state index contributed by atoms with van der Waals surface area (Å²) in [5, 5.41) is 1.26. The molecule has 0 bridgehead atoms. The van der Waals surface area contributed by atoms with Crippen LogP contribution in [0.2, 0.25) is 0 Å². The normalized spacial score (nSPS) is 10.8. The van der Waals surface area contributed by atoms with Crippen LogP contribution in [0.5, 0.6) is 5.75 Å². The fraction of sp³-hybridized carbons (Fsp3) is 0.273. The zero-order chi connectivity index (χ0) is 10.1. The summed E-state index contributed by atoms with van der Waals surface area (Å²) in [7, 11) is 0. The molecule has 0 aliphatic heterocycles. The molecule has 0 fully saturated rings. The van der Waals surface area contributed by atoms with Gasteiger partial charge in [0.2, 0.25) is 0 Å². The van der Waals surface area contributed by atoms with Gasteiger partial charge in [-0.15, -0.1) is 11.3 Å². The minimum Gasteiger partial charge on any atom is -0.493 e. The van der Waals surface area contributed by atoms with Gasteiger partial charge in [0.25, 0.3) is 0 Å². The zero-order valence-corrected chi connectivity index (χ0v) is 10.5. The molecule has 74 valence electrons. The van der Waals surface area contributed by atoms with Crippen molar-refractivity contribution >= 4 is 37.4 Å². The summed E-state index contributed by atoms with van der Waals surface area (Å²) in [6.45, 7) is 4.82. The Bertz CT molecular complexity index is 462. The van der Waals surface area contributed by atoms with Crippen LogP contribution in [0.25, 0.3) is 10.1 Å². The van der Waals surface area contributed by atoms with Gasteiger partial charge in [-0.05, 0) is 53.4 Å². The number of ether oxygens (including phenoxy) is 1. The highest BCUT2D eigenvalue weighted by molar-refractivity contribution is 9.10. The highest BCUT2D eigenvalue weighted by atomic mass is 79.9. The Hall–Kier alpha value is -0.540. The van der Waals surface area contributed by atoms with Crippen molar-refractivity contribution in [3.05, 3.63) is 27.5 Å². The second-order valence-corrected chi connectivity index (χ2v) is 5.25. The van der Waals surface area contributed by atoms with E-state index in [1.807, 2.05) is 18.3 Å². The molecule has 0 amide bonds. The minimum atomic E-state index is 0.702. The predicted octanol–water partition coefficient (Wildman–Crippen LogP) is 4.37. The SMILES string of the molecule is CCOc1cc2cc(C)sc2cc1Br. The van der Waals surface area contributed by atoms with Crippen molar-refractivity contribution in [2.45, 2.75) is 13.8 Å². The quantitative estimate of drug-likeness (QED) is 0.788. The van der Waals surface area contributed by atoms with E-state index in [4.69, 9.17) is 4.74 Å². The van der Waals surface area contributed by atoms with Gasteiger partial charge in [-0.3, -0.25) is 0 Å². The molecule has 0 radical (unpaired) electrons. The molecule has 1 nitrogen and oxygen atoms in total. The minimum absolute atomic E-state index is 0.702. The van der Waals surface area contributed by atoms with Crippen LogP contribution in [0.4, 0.5) is 0 Å². The van der Waals surface area contributed by atoms with Gasteiger partial charge < -0.3 is 4.74 Å². The van der Waals surface area contributed by atoms with E-state index in [2.05, 4.69) is 41.1 Å². The van der Waals surface area contributed by atoms with Gasteiger partial charge in [0.1, 0.15) is 5.75 Å². The summed E-state index contributed by atoms with van der Waals surface area (Å²) in [4.78, 5) is 1.33. The van der Waals surface area contributed by atoms with Crippen LogP contribution in [-0.4, -0.2) is 6.61 Å². The third-order valence-electron chi connectivity index (χ3n) is 1.99. The molecule has 1 aromatic heterocycles. The predicted molar refractivity (Wildman–Crippen MR) is 65.4 cm³/mol. The first-order valence-corrected chi connectivity index (χ1v) is 6.14. The van der Waals surface area contributed by atoms with E-state index in [0.29, 0.717) is 6.61 Å².